The molecule has 0 saturated heterocycles. The summed E-state index contributed by atoms with van der Waals surface area (Å²) < 4.78 is 4.99. The lowest BCUT2D eigenvalue weighted by atomic mass is 10.1. The lowest BCUT2D eigenvalue weighted by Gasteiger charge is -2.13. The minimum absolute atomic E-state index is 0.0220. The molecular weight excluding hydrogens is 216 g/mol. The fraction of sp³-hybridized carbons (Fsp3) is 0.462. The van der Waals surface area contributed by atoms with E-state index in [1.165, 1.54) is 5.56 Å². The van der Waals surface area contributed by atoms with Gasteiger partial charge in [-0.1, -0.05) is 6.07 Å². The molecule has 4 heteroatoms. The fourth-order valence-electron chi connectivity index (χ4n) is 2.03. The lowest BCUT2D eigenvalue weighted by Crippen LogP contribution is -2.35. The summed E-state index contributed by atoms with van der Waals surface area (Å²) in [6, 6.07) is 5.83. The first-order valence-corrected chi connectivity index (χ1v) is 5.87. The minimum atomic E-state index is -0.0500. The molecule has 0 aliphatic carbocycles. The fourth-order valence-corrected chi connectivity index (χ4v) is 2.03. The van der Waals surface area contributed by atoms with Crippen molar-refractivity contribution in [2.75, 3.05) is 25.6 Å². The number of ether oxygens (including phenoxy) is 1. The van der Waals surface area contributed by atoms with Crippen LogP contribution >= 0.6 is 0 Å². The highest BCUT2D eigenvalue weighted by Gasteiger charge is 2.14. The van der Waals surface area contributed by atoms with Gasteiger partial charge in [-0.05, 0) is 31.0 Å². The molecule has 1 aliphatic rings. The van der Waals surface area contributed by atoms with Gasteiger partial charge in [0.05, 0.1) is 6.61 Å². The molecule has 1 atom stereocenters. The van der Waals surface area contributed by atoms with Crippen molar-refractivity contribution in [1.82, 2.24) is 5.32 Å². The Hall–Kier alpha value is -1.55. The molecule has 0 spiro atoms. The summed E-state index contributed by atoms with van der Waals surface area (Å²) in [4.78, 5) is 11.9. The summed E-state index contributed by atoms with van der Waals surface area (Å²) in [5.74, 6) is -0.0500. The van der Waals surface area contributed by atoms with Crippen molar-refractivity contribution in [1.29, 1.82) is 0 Å². The van der Waals surface area contributed by atoms with Gasteiger partial charge in [0.2, 0.25) is 0 Å². The van der Waals surface area contributed by atoms with E-state index in [1.54, 1.807) is 7.11 Å². The number of hydrogen-bond donors (Lipinski definition) is 2. The van der Waals surface area contributed by atoms with Gasteiger partial charge in [0.15, 0.2) is 0 Å². The Morgan fingerprint density at radius 3 is 3.18 bits per heavy atom. The van der Waals surface area contributed by atoms with Gasteiger partial charge in [-0.2, -0.15) is 0 Å². The molecule has 92 valence electrons. The SMILES string of the molecule is COCC(C)NC(=O)c1ccc2c(c1)NCC2. The number of nitrogens with one attached hydrogen (secondary N) is 2. The van der Waals surface area contributed by atoms with Gasteiger partial charge in [0.25, 0.3) is 5.91 Å². The van der Waals surface area contributed by atoms with Crippen molar-refractivity contribution < 1.29 is 9.53 Å². The first-order valence-electron chi connectivity index (χ1n) is 5.87. The zero-order chi connectivity index (χ0) is 12.3. The maximum atomic E-state index is 11.9. The highest BCUT2D eigenvalue weighted by Crippen LogP contribution is 2.23. The largest absolute Gasteiger partial charge is 0.384 e. The summed E-state index contributed by atoms with van der Waals surface area (Å²) in [5, 5.41) is 6.17. The third kappa shape index (κ3) is 2.77. The average molecular weight is 234 g/mol. The quantitative estimate of drug-likeness (QED) is 0.828. The Balaban J connectivity index is 2.04. The van der Waals surface area contributed by atoms with Crippen LogP contribution in [-0.4, -0.2) is 32.2 Å². The average Bonchev–Trinajstić information content (AvgIpc) is 2.75. The summed E-state index contributed by atoms with van der Waals surface area (Å²) >= 11 is 0. The maximum absolute atomic E-state index is 11.9. The molecule has 1 aromatic carbocycles. The van der Waals surface area contributed by atoms with E-state index < -0.39 is 0 Å². The van der Waals surface area contributed by atoms with E-state index in [0.717, 1.165) is 18.7 Å². The monoisotopic (exact) mass is 234 g/mol. The number of anilines is 1. The second-order valence-electron chi connectivity index (χ2n) is 4.38. The molecule has 2 rings (SSSR count). The Kier molecular flexibility index (Phi) is 3.64. The number of carbonyl (C=O) groups excluding carboxylic acids is 1. The van der Waals surface area contributed by atoms with Crippen molar-refractivity contribution in [3.05, 3.63) is 29.3 Å². The van der Waals surface area contributed by atoms with Gasteiger partial charge in [0.1, 0.15) is 0 Å². The Bertz CT molecular complexity index is 418. The van der Waals surface area contributed by atoms with Crippen LogP contribution in [0.1, 0.15) is 22.8 Å². The highest BCUT2D eigenvalue weighted by atomic mass is 16.5. The molecule has 17 heavy (non-hydrogen) atoms. The molecule has 1 aromatic rings. The van der Waals surface area contributed by atoms with Gasteiger partial charge in [0, 0.05) is 30.9 Å². The molecule has 1 aliphatic heterocycles. The van der Waals surface area contributed by atoms with Crippen molar-refractivity contribution in [2.24, 2.45) is 0 Å². The number of carbonyl (C=O) groups is 1. The normalized spacial score (nSPS) is 14.9. The van der Waals surface area contributed by atoms with E-state index in [2.05, 4.69) is 10.6 Å². The maximum Gasteiger partial charge on any atom is 0.251 e. The topological polar surface area (TPSA) is 50.4 Å². The van der Waals surface area contributed by atoms with Crippen LogP contribution in [0.4, 0.5) is 5.69 Å². The molecule has 0 radical (unpaired) electrons. The third-order valence-corrected chi connectivity index (χ3v) is 2.88. The van der Waals surface area contributed by atoms with Crippen molar-refractivity contribution in [3.8, 4) is 0 Å². The van der Waals surface area contributed by atoms with Crippen molar-refractivity contribution >= 4 is 11.6 Å². The number of fused-ring (bicyclic) bond motifs is 1. The van der Waals surface area contributed by atoms with Gasteiger partial charge >= 0.3 is 0 Å². The Labute approximate surface area is 101 Å². The molecule has 0 fully saturated rings. The van der Waals surface area contributed by atoms with Crippen LogP contribution in [0, 0.1) is 0 Å². The Morgan fingerprint density at radius 2 is 2.41 bits per heavy atom. The first kappa shape index (κ1) is 11.9. The summed E-state index contributed by atoms with van der Waals surface area (Å²) in [7, 11) is 1.63. The molecule has 4 nitrogen and oxygen atoms in total. The van der Waals surface area contributed by atoms with Crippen molar-refractivity contribution in [2.45, 2.75) is 19.4 Å². The first-order chi connectivity index (χ1) is 8.20. The highest BCUT2D eigenvalue weighted by molar-refractivity contribution is 5.95. The molecule has 0 bridgehead atoms. The molecule has 2 N–H and O–H groups in total. The van der Waals surface area contributed by atoms with Crippen LogP contribution < -0.4 is 10.6 Å². The number of methoxy groups -OCH3 is 1. The third-order valence-electron chi connectivity index (χ3n) is 2.88. The van der Waals surface area contributed by atoms with E-state index in [9.17, 15) is 4.79 Å². The summed E-state index contributed by atoms with van der Waals surface area (Å²) in [5.41, 5.74) is 3.06. The second kappa shape index (κ2) is 5.19. The Morgan fingerprint density at radius 1 is 1.59 bits per heavy atom. The predicted octanol–water partition coefficient (Wildman–Crippen LogP) is 1.42. The number of rotatable bonds is 4. The van der Waals surface area contributed by atoms with Crippen LogP contribution in [0.25, 0.3) is 0 Å². The summed E-state index contributed by atoms with van der Waals surface area (Å²) in [6.45, 7) is 3.41. The van der Waals surface area contributed by atoms with Gasteiger partial charge in [-0.25, -0.2) is 0 Å². The molecule has 1 amide bonds. The second-order valence-corrected chi connectivity index (χ2v) is 4.38. The van der Waals surface area contributed by atoms with Crippen molar-refractivity contribution in [3.63, 3.8) is 0 Å². The lowest BCUT2D eigenvalue weighted by molar-refractivity contribution is 0.0905. The number of hydrogen-bond acceptors (Lipinski definition) is 3. The van der Waals surface area contributed by atoms with E-state index in [4.69, 9.17) is 4.74 Å². The molecule has 1 heterocycles. The molecule has 0 saturated carbocycles. The van der Waals surface area contributed by atoms with Gasteiger partial charge in [-0.3, -0.25) is 4.79 Å². The zero-order valence-corrected chi connectivity index (χ0v) is 10.2. The van der Waals surface area contributed by atoms with Gasteiger partial charge < -0.3 is 15.4 Å². The molecule has 0 aromatic heterocycles. The molecular formula is C13H18N2O2. The van der Waals surface area contributed by atoms with E-state index in [-0.39, 0.29) is 11.9 Å². The van der Waals surface area contributed by atoms with Gasteiger partial charge in [-0.15, -0.1) is 0 Å². The van der Waals surface area contributed by atoms with Crippen LogP contribution in [0.2, 0.25) is 0 Å². The van der Waals surface area contributed by atoms with Crippen LogP contribution in [0.5, 0.6) is 0 Å². The summed E-state index contributed by atoms with van der Waals surface area (Å²) in [6.07, 6.45) is 1.04. The predicted molar refractivity (Wildman–Crippen MR) is 67.4 cm³/mol. The van der Waals surface area contributed by atoms with E-state index in [0.29, 0.717) is 12.2 Å². The standard InChI is InChI=1S/C13H18N2O2/c1-9(8-17-2)15-13(16)11-4-3-10-5-6-14-12(10)7-11/h3-4,7,9,14H,5-6,8H2,1-2H3,(H,15,16). The van der Waals surface area contributed by atoms with E-state index in [1.807, 2.05) is 25.1 Å². The number of amides is 1. The number of benzene rings is 1. The zero-order valence-electron chi connectivity index (χ0n) is 10.2. The van der Waals surface area contributed by atoms with Crippen LogP contribution in [0.15, 0.2) is 18.2 Å². The smallest absolute Gasteiger partial charge is 0.251 e. The molecule has 1 unspecified atom stereocenters. The minimum Gasteiger partial charge on any atom is -0.384 e. The van der Waals surface area contributed by atoms with Crippen LogP contribution in [0.3, 0.4) is 0 Å². The van der Waals surface area contributed by atoms with E-state index >= 15 is 0 Å². The van der Waals surface area contributed by atoms with Crippen LogP contribution in [-0.2, 0) is 11.2 Å².